The Morgan fingerprint density at radius 3 is 2.74 bits per heavy atom. The van der Waals surface area contributed by atoms with Gasteiger partial charge in [0.15, 0.2) is 5.82 Å². The number of nitrogens with zero attached hydrogens (tertiary/aromatic N) is 2. The molecule has 1 aliphatic rings. The van der Waals surface area contributed by atoms with E-state index in [0.29, 0.717) is 25.4 Å². The Kier molecular flexibility index (Phi) is 8.66. The van der Waals surface area contributed by atoms with Gasteiger partial charge in [-0.3, -0.25) is 14.2 Å². The van der Waals surface area contributed by atoms with Crippen LogP contribution in [0.4, 0.5) is 10.2 Å². The van der Waals surface area contributed by atoms with Gasteiger partial charge in [0.1, 0.15) is 18.2 Å². The van der Waals surface area contributed by atoms with Crippen molar-refractivity contribution in [3.05, 3.63) is 81.7 Å². The molecule has 0 bridgehead atoms. The number of amides is 1. The van der Waals surface area contributed by atoms with Gasteiger partial charge in [0, 0.05) is 48.2 Å². The van der Waals surface area contributed by atoms with Gasteiger partial charge in [0.25, 0.3) is 11.5 Å². The number of benzene rings is 2. The Morgan fingerprint density at radius 2 is 2.03 bits per heavy atom. The highest BCUT2D eigenvalue weighted by molar-refractivity contribution is 5.95. The molecule has 0 radical (unpaired) electrons. The number of aliphatic hydroxyl groups is 1. The van der Waals surface area contributed by atoms with Crippen LogP contribution in [0.15, 0.2) is 53.6 Å². The van der Waals surface area contributed by atoms with Crippen molar-refractivity contribution in [3.63, 3.8) is 0 Å². The van der Waals surface area contributed by atoms with E-state index in [1.165, 1.54) is 29.1 Å². The molecule has 1 aromatic heterocycles. The number of rotatable bonds is 12. The minimum absolute atomic E-state index is 0.0727. The van der Waals surface area contributed by atoms with Gasteiger partial charge in [-0.05, 0) is 58.7 Å². The SMILES string of the molecule is Cc1c(F)cc(C(=O)NC2CC2)cc1-n1ccnc(NC(C)(C)c2ccccc2OCCNC[C@H](C)O)c1=O. The fourth-order valence-corrected chi connectivity index (χ4v) is 4.25. The molecule has 0 aliphatic heterocycles. The summed E-state index contributed by atoms with van der Waals surface area (Å²) < 4.78 is 22.1. The van der Waals surface area contributed by atoms with Crippen LogP contribution in [0.1, 0.15) is 55.1 Å². The summed E-state index contributed by atoms with van der Waals surface area (Å²) in [7, 11) is 0. The third kappa shape index (κ3) is 7.01. The molecule has 0 unspecified atom stereocenters. The fraction of sp³-hybridized carbons (Fsp3) is 0.414. The third-order valence-electron chi connectivity index (χ3n) is 6.56. The summed E-state index contributed by atoms with van der Waals surface area (Å²) >= 11 is 0. The fourth-order valence-electron chi connectivity index (χ4n) is 4.25. The Balaban J connectivity index is 1.58. The first-order valence-corrected chi connectivity index (χ1v) is 13.1. The lowest BCUT2D eigenvalue weighted by atomic mass is 9.93. The van der Waals surface area contributed by atoms with E-state index in [9.17, 15) is 19.1 Å². The first kappa shape index (κ1) is 28.3. The lowest BCUT2D eigenvalue weighted by Gasteiger charge is -2.29. The van der Waals surface area contributed by atoms with E-state index in [-0.39, 0.29) is 34.6 Å². The van der Waals surface area contributed by atoms with Gasteiger partial charge in [0.2, 0.25) is 0 Å². The van der Waals surface area contributed by atoms with Gasteiger partial charge in [-0.1, -0.05) is 18.2 Å². The highest BCUT2D eigenvalue weighted by Gasteiger charge is 2.27. The Morgan fingerprint density at radius 1 is 1.28 bits per heavy atom. The van der Waals surface area contributed by atoms with Gasteiger partial charge in [-0.25, -0.2) is 9.37 Å². The highest BCUT2D eigenvalue weighted by Crippen LogP contribution is 2.32. The van der Waals surface area contributed by atoms with Crippen LogP contribution < -0.4 is 26.2 Å². The molecule has 9 nitrogen and oxygen atoms in total. The highest BCUT2D eigenvalue weighted by atomic mass is 19.1. The van der Waals surface area contributed by atoms with E-state index < -0.39 is 23.0 Å². The molecule has 10 heteroatoms. The molecule has 1 saturated carbocycles. The summed E-state index contributed by atoms with van der Waals surface area (Å²) in [4.78, 5) is 30.4. The minimum atomic E-state index is -0.763. The van der Waals surface area contributed by atoms with Crippen molar-refractivity contribution in [1.82, 2.24) is 20.2 Å². The zero-order valence-corrected chi connectivity index (χ0v) is 22.8. The molecule has 2 aromatic carbocycles. The number of carbonyl (C=O) groups excluding carboxylic acids is 1. The Hall–Kier alpha value is -3.76. The van der Waals surface area contributed by atoms with E-state index >= 15 is 0 Å². The molecule has 4 N–H and O–H groups in total. The van der Waals surface area contributed by atoms with Crippen LogP contribution in [0, 0.1) is 12.7 Å². The van der Waals surface area contributed by atoms with Crippen LogP contribution >= 0.6 is 0 Å². The lowest BCUT2D eigenvalue weighted by molar-refractivity contribution is 0.0950. The van der Waals surface area contributed by atoms with E-state index in [1.54, 1.807) is 13.8 Å². The zero-order valence-electron chi connectivity index (χ0n) is 22.8. The average Bonchev–Trinajstić information content (AvgIpc) is 3.71. The van der Waals surface area contributed by atoms with E-state index in [2.05, 4.69) is 20.9 Å². The standard InChI is InChI=1S/C29H36FN5O4/c1-18(36)17-31-12-14-39-25-8-6-5-7-22(25)29(3,4)34-26-28(38)35(13-11-32-26)24-16-20(15-23(30)19(24)2)27(37)33-21-9-10-21/h5-8,11,13,15-16,18,21,31,36H,9-10,12,14,17H2,1-4H3,(H,32,34)(H,33,37)/t18-/m0/s1. The smallest absolute Gasteiger partial charge is 0.297 e. The van der Waals surface area contributed by atoms with Crippen molar-refractivity contribution in [1.29, 1.82) is 0 Å². The number of aromatic nitrogens is 2. The topological polar surface area (TPSA) is 118 Å². The van der Waals surface area contributed by atoms with Crippen molar-refractivity contribution in [2.24, 2.45) is 0 Å². The zero-order chi connectivity index (χ0) is 28.2. The van der Waals surface area contributed by atoms with Crippen LogP contribution in [-0.4, -0.2) is 52.4 Å². The van der Waals surface area contributed by atoms with E-state index in [4.69, 9.17) is 4.74 Å². The second-order valence-corrected chi connectivity index (χ2v) is 10.4. The predicted molar refractivity (Wildman–Crippen MR) is 148 cm³/mol. The Labute approximate surface area is 227 Å². The quantitative estimate of drug-likeness (QED) is 0.262. The minimum Gasteiger partial charge on any atom is -0.492 e. The number of para-hydroxylation sites is 1. The summed E-state index contributed by atoms with van der Waals surface area (Å²) in [6, 6.07) is 10.4. The normalized spacial score (nSPS) is 14.1. The summed E-state index contributed by atoms with van der Waals surface area (Å²) in [6.45, 7) is 8.53. The van der Waals surface area contributed by atoms with Gasteiger partial charge in [-0.2, -0.15) is 0 Å². The van der Waals surface area contributed by atoms with Crippen molar-refractivity contribution in [2.45, 2.75) is 58.2 Å². The molecule has 208 valence electrons. The number of carbonyl (C=O) groups is 1. The van der Waals surface area contributed by atoms with Crippen molar-refractivity contribution in [3.8, 4) is 11.4 Å². The first-order valence-electron chi connectivity index (χ1n) is 13.1. The molecule has 1 amide bonds. The first-order chi connectivity index (χ1) is 18.6. The van der Waals surface area contributed by atoms with Crippen LogP contribution in [-0.2, 0) is 5.54 Å². The monoisotopic (exact) mass is 537 g/mol. The van der Waals surface area contributed by atoms with E-state index in [0.717, 1.165) is 18.4 Å². The molecule has 1 heterocycles. The van der Waals surface area contributed by atoms with Crippen LogP contribution in [0.25, 0.3) is 5.69 Å². The number of aliphatic hydroxyl groups excluding tert-OH is 1. The number of ether oxygens (including phenoxy) is 1. The number of hydrogen-bond donors (Lipinski definition) is 4. The molecular weight excluding hydrogens is 501 g/mol. The molecule has 4 rings (SSSR count). The molecular formula is C29H36FN5O4. The molecule has 0 spiro atoms. The molecule has 3 aromatic rings. The summed E-state index contributed by atoms with van der Waals surface area (Å²) in [5.74, 6) is -0.209. The van der Waals surface area contributed by atoms with Crippen molar-refractivity contribution in [2.75, 3.05) is 25.0 Å². The maximum Gasteiger partial charge on any atom is 0.297 e. The molecule has 1 fully saturated rings. The largest absolute Gasteiger partial charge is 0.492 e. The molecule has 39 heavy (non-hydrogen) atoms. The van der Waals surface area contributed by atoms with Crippen LogP contribution in [0.3, 0.4) is 0 Å². The third-order valence-corrected chi connectivity index (χ3v) is 6.56. The average molecular weight is 538 g/mol. The molecule has 1 aliphatic carbocycles. The van der Waals surface area contributed by atoms with E-state index in [1.807, 2.05) is 38.1 Å². The number of hydrogen-bond acceptors (Lipinski definition) is 7. The number of halogens is 1. The van der Waals surface area contributed by atoms with Crippen LogP contribution in [0.5, 0.6) is 5.75 Å². The van der Waals surface area contributed by atoms with Gasteiger partial charge in [-0.15, -0.1) is 0 Å². The summed E-state index contributed by atoms with van der Waals surface area (Å²) in [6.07, 6.45) is 4.31. The van der Waals surface area contributed by atoms with Gasteiger partial charge in [0.05, 0.1) is 17.3 Å². The van der Waals surface area contributed by atoms with Crippen molar-refractivity contribution >= 4 is 11.7 Å². The molecule has 1 atom stereocenters. The second kappa shape index (κ2) is 12.0. The maximum atomic E-state index is 14.8. The molecule has 0 saturated heterocycles. The lowest BCUT2D eigenvalue weighted by Crippen LogP contribution is -2.34. The van der Waals surface area contributed by atoms with Gasteiger partial charge >= 0.3 is 0 Å². The van der Waals surface area contributed by atoms with Crippen molar-refractivity contribution < 1.29 is 19.0 Å². The second-order valence-electron chi connectivity index (χ2n) is 10.4. The van der Waals surface area contributed by atoms with Gasteiger partial charge < -0.3 is 25.8 Å². The number of nitrogens with one attached hydrogen (secondary N) is 3. The number of anilines is 1. The Bertz CT molecular complexity index is 1380. The van der Waals surface area contributed by atoms with Crippen LogP contribution in [0.2, 0.25) is 0 Å². The summed E-state index contributed by atoms with van der Waals surface area (Å²) in [5.41, 5.74) is 0.262. The maximum absolute atomic E-state index is 14.8. The predicted octanol–water partition coefficient (Wildman–Crippen LogP) is 3.27. The summed E-state index contributed by atoms with van der Waals surface area (Å²) in [5, 5.41) is 18.6.